The Bertz CT molecular complexity index is 370. The monoisotopic (exact) mass is 454 g/mol. The second-order valence-electron chi connectivity index (χ2n) is 9.30. The number of ether oxygens (including phenoxy) is 2. The van der Waals surface area contributed by atoms with Crippen LogP contribution < -0.4 is 0 Å². The lowest BCUT2D eigenvalue weighted by Crippen LogP contribution is -2.08. The number of carbonyl (C=O) groups is 2. The van der Waals surface area contributed by atoms with Gasteiger partial charge in [-0.3, -0.25) is 9.59 Å². The van der Waals surface area contributed by atoms with E-state index in [-0.39, 0.29) is 11.9 Å². The molecule has 0 atom stereocenters. The zero-order chi connectivity index (χ0) is 23.5. The molecule has 0 heterocycles. The van der Waals surface area contributed by atoms with Gasteiger partial charge in [0.05, 0.1) is 13.2 Å². The minimum atomic E-state index is -0.132. The Balaban J connectivity index is 3.29. The SMILES string of the molecule is CCCCCCCCCCCOC(=O)CCCCC(=O)OCCCCCCCCCCC. The minimum absolute atomic E-state index is 0.132. The molecule has 0 spiro atoms. The predicted molar refractivity (Wildman–Crippen MR) is 135 cm³/mol. The van der Waals surface area contributed by atoms with Gasteiger partial charge in [-0.1, -0.05) is 117 Å². The van der Waals surface area contributed by atoms with Gasteiger partial charge in [-0.25, -0.2) is 0 Å². The van der Waals surface area contributed by atoms with E-state index in [1.54, 1.807) is 0 Å². The van der Waals surface area contributed by atoms with E-state index in [2.05, 4.69) is 13.8 Å². The molecular weight excluding hydrogens is 400 g/mol. The summed E-state index contributed by atoms with van der Waals surface area (Å²) in [5, 5.41) is 0. The van der Waals surface area contributed by atoms with Gasteiger partial charge in [0.2, 0.25) is 0 Å². The molecule has 0 rings (SSSR count). The van der Waals surface area contributed by atoms with Crippen LogP contribution in [0.1, 0.15) is 155 Å². The van der Waals surface area contributed by atoms with Gasteiger partial charge in [-0.05, 0) is 25.7 Å². The van der Waals surface area contributed by atoms with Gasteiger partial charge in [0.1, 0.15) is 0 Å². The van der Waals surface area contributed by atoms with Crippen molar-refractivity contribution in [2.75, 3.05) is 13.2 Å². The molecule has 0 saturated carbocycles. The Morgan fingerprint density at radius 1 is 0.406 bits per heavy atom. The topological polar surface area (TPSA) is 52.6 Å². The summed E-state index contributed by atoms with van der Waals surface area (Å²) in [5.41, 5.74) is 0. The first-order valence-electron chi connectivity index (χ1n) is 14.0. The maximum absolute atomic E-state index is 11.8. The maximum atomic E-state index is 11.8. The molecule has 0 aliphatic heterocycles. The van der Waals surface area contributed by atoms with Crippen molar-refractivity contribution in [3.05, 3.63) is 0 Å². The second-order valence-corrected chi connectivity index (χ2v) is 9.30. The number of hydrogen-bond acceptors (Lipinski definition) is 4. The molecule has 0 aromatic rings. The molecule has 4 nitrogen and oxygen atoms in total. The van der Waals surface area contributed by atoms with E-state index in [0.29, 0.717) is 38.9 Å². The zero-order valence-electron chi connectivity index (χ0n) is 21.6. The van der Waals surface area contributed by atoms with Crippen molar-refractivity contribution in [3.8, 4) is 0 Å². The average molecular weight is 455 g/mol. The molecule has 0 fully saturated rings. The molecule has 190 valence electrons. The summed E-state index contributed by atoms with van der Waals surface area (Å²) in [4.78, 5) is 23.5. The van der Waals surface area contributed by atoms with Gasteiger partial charge in [0.25, 0.3) is 0 Å². The van der Waals surface area contributed by atoms with Crippen molar-refractivity contribution in [2.45, 2.75) is 155 Å². The third-order valence-electron chi connectivity index (χ3n) is 6.03. The molecule has 4 heteroatoms. The minimum Gasteiger partial charge on any atom is -0.466 e. The van der Waals surface area contributed by atoms with Crippen molar-refractivity contribution < 1.29 is 19.1 Å². The lowest BCUT2D eigenvalue weighted by atomic mass is 10.1. The average Bonchev–Trinajstić information content (AvgIpc) is 2.79. The molecular formula is C28H54O4. The Morgan fingerprint density at radius 3 is 1.00 bits per heavy atom. The van der Waals surface area contributed by atoms with Crippen LogP contribution in [0.3, 0.4) is 0 Å². The first kappa shape index (κ1) is 30.9. The van der Waals surface area contributed by atoms with Crippen molar-refractivity contribution in [3.63, 3.8) is 0 Å². The van der Waals surface area contributed by atoms with Crippen LogP contribution in [0.15, 0.2) is 0 Å². The second kappa shape index (κ2) is 26.2. The normalized spacial score (nSPS) is 10.9. The molecule has 0 N–H and O–H groups in total. The van der Waals surface area contributed by atoms with Gasteiger partial charge >= 0.3 is 11.9 Å². The fraction of sp³-hybridized carbons (Fsp3) is 0.929. The van der Waals surface area contributed by atoms with Crippen LogP contribution >= 0.6 is 0 Å². The highest BCUT2D eigenvalue weighted by atomic mass is 16.5. The Labute approximate surface area is 199 Å². The summed E-state index contributed by atoms with van der Waals surface area (Å²) in [7, 11) is 0. The lowest BCUT2D eigenvalue weighted by molar-refractivity contribution is -0.146. The van der Waals surface area contributed by atoms with Crippen LogP contribution in [0.25, 0.3) is 0 Å². The van der Waals surface area contributed by atoms with E-state index in [0.717, 1.165) is 25.7 Å². The van der Waals surface area contributed by atoms with E-state index in [1.807, 2.05) is 0 Å². The lowest BCUT2D eigenvalue weighted by Gasteiger charge is -2.06. The highest BCUT2D eigenvalue weighted by Gasteiger charge is 2.06. The van der Waals surface area contributed by atoms with E-state index in [4.69, 9.17) is 9.47 Å². The van der Waals surface area contributed by atoms with Crippen molar-refractivity contribution >= 4 is 11.9 Å². The summed E-state index contributed by atoms with van der Waals surface area (Å²) in [6.45, 7) is 5.56. The van der Waals surface area contributed by atoms with Crippen LogP contribution in [-0.4, -0.2) is 25.2 Å². The predicted octanol–water partition coefficient (Wildman–Crippen LogP) is 8.69. The Kier molecular flexibility index (Phi) is 25.3. The molecule has 0 aliphatic rings. The summed E-state index contributed by atoms with van der Waals surface area (Å²) in [5.74, 6) is -0.264. The van der Waals surface area contributed by atoms with Crippen LogP contribution in [0.2, 0.25) is 0 Å². The van der Waals surface area contributed by atoms with Crippen molar-refractivity contribution in [2.24, 2.45) is 0 Å². The third kappa shape index (κ3) is 25.2. The highest BCUT2D eigenvalue weighted by Crippen LogP contribution is 2.11. The third-order valence-corrected chi connectivity index (χ3v) is 6.03. The van der Waals surface area contributed by atoms with Gasteiger partial charge in [0, 0.05) is 12.8 Å². The first-order valence-corrected chi connectivity index (χ1v) is 14.0. The molecule has 0 unspecified atom stereocenters. The largest absolute Gasteiger partial charge is 0.466 e. The van der Waals surface area contributed by atoms with E-state index < -0.39 is 0 Å². The smallest absolute Gasteiger partial charge is 0.305 e. The van der Waals surface area contributed by atoms with E-state index >= 15 is 0 Å². The summed E-state index contributed by atoms with van der Waals surface area (Å²) >= 11 is 0. The number of unbranched alkanes of at least 4 members (excludes halogenated alkanes) is 17. The fourth-order valence-electron chi connectivity index (χ4n) is 3.88. The van der Waals surface area contributed by atoms with Gasteiger partial charge in [-0.2, -0.15) is 0 Å². The summed E-state index contributed by atoms with van der Waals surface area (Å²) in [6.07, 6.45) is 24.9. The molecule has 0 aromatic heterocycles. The maximum Gasteiger partial charge on any atom is 0.305 e. The van der Waals surface area contributed by atoms with Gasteiger partial charge < -0.3 is 9.47 Å². The Hall–Kier alpha value is -1.06. The van der Waals surface area contributed by atoms with Crippen LogP contribution in [0, 0.1) is 0 Å². The molecule has 0 aromatic carbocycles. The van der Waals surface area contributed by atoms with Gasteiger partial charge in [-0.15, -0.1) is 0 Å². The van der Waals surface area contributed by atoms with Crippen LogP contribution in [0.5, 0.6) is 0 Å². The molecule has 0 bridgehead atoms. The van der Waals surface area contributed by atoms with E-state index in [1.165, 1.54) is 89.9 Å². The molecule has 0 aliphatic carbocycles. The number of esters is 2. The molecule has 32 heavy (non-hydrogen) atoms. The summed E-state index contributed by atoms with van der Waals surface area (Å²) < 4.78 is 10.6. The van der Waals surface area contributed by atoms with Crippen LogP contribution in [0.4, 0.5) is 0 Å². The fourth-order valence-corrected chi connectivity index (χ4v) is 3.88. The standard InChI is InChI=1S/C28H54O4/c1-3-5-7-9-11-13-15-17-21-25-31-27(29)23-19-20-24-28(30)32-26-22-18-16-14-12-10-8-6-4-2/h3-26H2,1-2H3. The Morgan fingerprint density at radius 2 is 0.688 bits per heavy atom. The van der Waals surface area contributed by atoms with E-state index in [9.17, 15) is 9.59 Å². The molecule has 0 amide bonds. The summed E-state index contributed by atoms with van der Waals surface area (Å²) in [6, 6.07) is 0. The number of carbonyl (C=O) groups excluding carboxylic acids is 2. The zero-order valence-corrected chi connectivity index (χ0v) is 21.6. The highest BCUT2D eigenvalue weighted by molar-refractivity contribution is 5.70. The van der Waals surface area contributed by atoms with Gasteiger partial charge in [0.15, 0.2) is 0 Å². The number of hydrogen-bond donors (Lipinski definition) is 0. The van der Waals surface area contributed by atoms with Crippen LogP contribution in [-0.2, 0) is 19.1 Å². The first-order chi connectivity index (χ1) is 15.7. The quantitative estimate of drug-likeness (QED) is 0.102. The van der Waals surface area contributed by atoms with Crippen molar-refractivity contribution in [1.29, 1.82) is 0 Å². The molecule has 0 saturated heterocycles. The van der Waals surface area contributed by atoms with Crippen molar-refractivity contribution in [1.82, 2.24) is 0 Å². The number of rotatable bonds is 25. The molecule has 0 radical (unpaired) electrons.